The molecule has 3 aromatic rings. The first-order valence-electron chi connectivity index (χ1n) is 8.88. The van der Waals surface area contributed by atoms with Gasteiger partial charge in [-0.1, -0.05) is 38.1 Å². The summed E-state index contributed by atoms with van der Waals surface area (Å²) < 4.78 is 8.27. The highest BCUT2D eigenvalue weighted by atomic mass is 16.5. The average molecular weight is 338 g/mol. The molecule has 4 nitrogen and oxygen atoms in total. The quantitative estimate of drug-likeness (QED) is 0.706. The number of imidazole rings is 1. The summed E-state index contributed by atoms with van der Waals surface area (Å²) >= 11 is 0. The molecule has 0 fully saturated rings. The van der Waals surface area contributed by atoms with Crippen LogP contribution in [-0.4, -0.2) is 27.9 Å². The molecular weight excluding hydrogens is 312 g/mol. The molecule has 1 aromatic heterocycles. The molecule has 1 heterocycles. The van der Waals surface area contributed by atoms with E-state index in [2.05, 4.69) is 54.6 Å². The molecule has 3 rings (SSSR count). The van der Waals surface area contributed by atoms with Crippen LogP contribution in [0.4, 0.5) is 0 Å². The molecule has 0 amide bonds. The first-order chi connectivity index (χ1) is 12.1. The summed E-state index contributed by atoms with van der Waals surface area (Å²) in [6, 6.07) is 14.5. The lowest BCUT2D eigenvalue weighted by Gasteiger charge is -2.16. The predicted octanol–water partition coefficient (Wildman–Crippen LogP) is 4.08. The van der Waals surface area contributed by atoms with Crippen LogP contribution in [0.3, 0.4) is 0 Å². The zero-order valence-corrected chi connectivity index (χ0v) is 15.2. The normalized spacial score (nSPS) is 11.4. The topological polar surface area (TPSA) is 47.3 Å². The van der Waals surface area contributed by atoms with Gasteiger partial charge in [0.05, 0.1) is 24.2 Å². The highest BCUT2D eigenvalue weighted by Crippen LogP contribution is 2.27. The van der Waals surface area contributed by atoms with Crippen molar-refractivity contribution in [3.05, 3.63) is 59.4 Å². The molecule has 0 saturated heterocycles. The average Bonchev–Trinajstić information content (AvgIpc) is 2.93. The van der Waals surface area contributed by atoms with E-state index in [9.17, 15) is 5.11 Å². The van der Waals surface area contributed by atoms with Crippen molar-refractivity contribution < 1.29 is 9.84 Å². The molecule has 0 spiro atoms. The lowest BCUT2D eigenvalue weighted by Crippen LogP contribution is -2.13. The van der Waals surface area contributed by atoms with Crippen molar-refractivity contribution in [1.29, 1.82) is 0 Å². The summed E-state index contributed by atoms with van der Waals surface area (Å²) in [5.74, 6) is 2.29. The van der Waals surface area contributed by atoms with Crippen LogP contribution in [0, 0.1) is 6.92 Å². The van der Waals surface area contributed by atoms with Gasteiger partial charge in [0.1, 0.15) is 18.2 Å². The Hall–Kier alpha value is -2.33. The van der Waals surface area contributed by atoms with Gasteiger partial charge >= 0.3 is 0 Å². The van der Waals surface area contributed by atoms with Gasteiger partial charge in [-0.15, -0.1) is 0 Å². The third kappa shape index (κ3) is 3.85. The molecule has 1 N–H and O–H groups in total. The maximum Gasteiger partial charge on any atom is 0.123 e. The van der Waals surface area contributed by atoms with E-state index in [-0.39, 0.29) is 6.61 Å². The minimum atomic E-state index is 0.0968. The number of aromatic nitrogens is 2. The zero-order chi connectivity index (χ0) is 17.8. The first kappa shape index (κ1) is 17.5. The molecule has 0 radical (unpaired) electrons. The van der Waals surface area contributed by atoms with Crippen LogP contribution in [0.25, 0.3) is 11.0 Å². The van der Waals surface area contributed by atoms with Gasteiger partial charge in [0, 0.05) is 6.42 Å². The third-order valence-corrected chi connectivity index (χ3v) is 4.43. The van der Waals surface area contributed by atoms with Crippen molar-refractivity contribution in [1.82, 2.24) is 9.55 Å². The molecule has 0 aliphatic carbocycles. The Kier molecular flexibility index (Phi) is 5.39. The van der Waals surface area contributed by atoms with Gasteiger partial charge in [-0.25, -0.2) is 4.98 Å². The van der Waals surface area contributed by atoms with Gasteiger partial charge < -0.3 is 14.4 Å². The zero-order valence-electron chi connectivity index (χ0n) is 15.2. The molecule has 0 atom stereocenters. The first-order valence-corrected chi connectivity index (χ1v) is 8.88. The lowest BCUT2D eigenvalue weighted by atomic mass is 10.0. The Morgan fingerprint density at radius 1 is 1.16 bits per heavy atom. The van der Waals surface area contributed by atoms with E-state index < -0.39 is 0 Å². The van der Waals surface area contributed by atoms with Crippen LogP contribution in [0.2, 0.25) is 0 Å². The molecule has 4 heteroatoms. The number of para-hydroxylation sites is 2. The molecule has 0 bridgehead atoms. The maximum absolute atomic E-state index is 9.32. The second-order valence-electron chi connectivity index (χ2n) is 6.69. The summed E-state index contributed by atoms with van der Waals surface area (Å²) in [5.41, 5.74) is 4.48. The number of hydrogen-bond acceptors (Lipinski definition) is 3. The van der Waals surface area contributed by atoms with Crippen molar-refractivity contribution in [3.63, 3.8) is 0 Å². The van der Waals surface area contributed by atoms with Gasteiger partial charge in [0.25, 0.3) is 0 Å². The van der Waals surface area contributed by atoms with E-state index in [1.54, 1.807) is 0 Å². The van der Waals surface area contributed by atoms with Crippen molar-refractivity contribution in [2.24, 2.45) is 0 Å². The SMILES string of the molecule is Cc1ccc(C(C)C)c(OCCn2c(CCO)nc3ccccc32)c1. The fourth-order valence-electron chi connectivity index (χ4n) is 3.16. The van der Waals surface area contributed by atoms with E-state index in [0.29, 0.717) is 25.5 Å². The summed E-state index contributed by atoms with van der Waals surface area (Å²) in [6.45, 7) is 7.82. The third-order valence-electron chi connectivity index (χ3n) is 4.43. The Morgan fingerprint density at radius 3 is 2.72 bits per heavy atom. The van der Waals surface area contributed by atoms with Crippen LogP contribution in [0.1, 0.15) is 36.7 Å². The second kappa shape index (κ2) is 7.70. The van der Waals surface area contributed by atoms with Crippen molar-refractivity contribution >= 4 is 11.0 Å². The summed E-state index contributed by atoms with van der Waals surface area (Å²) in [6.07, 6.45) is 0.552. The molecular formula is C21H26N2O2. The molecule has 0 aliphatic heterocycles. The van der Waals surface area contributed by atoms with Crippen LogP contribution < -0.4 is 4.74 Å². The number of nitrogens with zero attached hydrogens (tertiary/aromatic N) is 2. The fraction of sp³-hybridized carbons (Fsp3) is 0.381. The largest absolute Gasteiger partial charge is 0.491 e. The summed E-state index contributed by atoms with van der Waals surface area (Å²) in [4.78, 5) is 4.64. The summed E-state index contributed by atoms with van der Waals surface area (Å²) in [5, 5.41) is 9.32. The Balaban J connectivity index is 1.80. The Morgan fingerprint density at radius 2 is 1.96 bits per heavy atom. The van der Waals surface area contributed by atoms with Gasteiger partial charge in [-0.2, -0.15) is 0 Å². The monoisotopic (exact) mass is 338 g/mol. The van der Waals surface area contributed by atoms with E-state index in [0.717, 1.165) is 22.6 Å². The van der Waals surface area contributed by atoms with E-state index in [4.69, 9.17) is 4.74 Å². The highest BCUT2D eigenvalue weighted by molar-refractivity contribution is 5.75. The predicted molar refractivity (Wildman–Crippen MR) is 101 cm³/mol. The van der Waals surface area contributed by atoms with Crippen LogP contribution in [0.15, 0.2) is 42.5 Å². The van der Waals surface area contributed by atoms with Gasteiger partial charge in [0.15, 0.2) is 0 Å². The molecule has 25 heavy (non-hydrogen) atoms. The Bertz CT molecular complexity index is 852. The van der Waals surface area contributed by atoms with E-state index in [1.807, 2.05) is 18.2 Å². The number of ether oxygens (including phenoxy) is 1. The number of hydrogen-bond donors (Lipinski definition) is 1. The number of aliphatic hydroxyl groups excluding tert-OH is 1. The minimum absolute atomic E-state index is 0.0968. The Labute approximate surface area is 149 Å². The van der Waals surface area contributed by atoms with Gasteiger partial charge in [-0.3, -0.25) is 0 Å². The lowest BCUT2D eigenvalue weighted by molar-refractivity contribution is 0.282. The highest BCUT2D eigenvalue weighted by Gasteiger charge is 2.11. The smallest absolute Gasteiger partial charge is 0.123 e. The minimum Gasteiger partial charge on any atom is -0.491 e. The summed E-state index contributed by atoms with van der Waals surface area (Å²) in [7, 11) is 0. The van der Waals surface area contributed by atoms with Crippen molar-refractivity contribution in [3.8, 4) is 5.75 Å². The second-order valence-corrected chi connectivity index (χ2v) is 6.69. The van der Waals surface area contributed by atoms with Crippen molar-refractivity contribution in [2.75, 3.05) is 13.2 Å². The molecule has 132 valence electrons. The number of fused-ring (bicyclic) bond motifs is 1. The molecule has 0 aliphatic rings. The van der Waals surface area contributed by atoms with Crippen molar-refractivity contribution in [2.45, 2.75) is 39.7 Å². The van der Waals surface area contributed by atoms with Gasteiger partial charge in [0.2, 0.25) is 0 Å². The van der Waals surface area contributed by atoms with Crippen LogP contribution in [-0.2, 0) is 13.0 Å². The van der Waals surface area contributed by atoms with Gasteiger partial charge in [-0.05, 0) is 42.2 Å². The van der Waals surface area contributed by atoms with E-state index >= 15 is 0 Å². The maximum atomic E-state index is 9.32. The number of rotatable bonds is 7. The number of benzene rings is 2. The number of aryl methyl sites for hydroxylation is 1. The van der Waals surface area contributed by atoms with Crippen LogP contribution in [0.5, 0.6) is 5.75 Å². The standard InChI is InChI=1S/C21H26N2O2/c1-15(2)17-9-8-16(3)14-20(17)25-13-11-23-19-7-5-4-6-18(19)22-21(23)10-12-24/h4-9,14-15,24H,10-13H2,1-3H3. The van der Waals surface area contributed by atoms with E-state index in [1.165, 1.54) is 11.1 Å². The molecule has 0 saturated carbocycles. The molecule has 2 aromatic carbocycles. The van der Waals surface area contributed by atoms with Crippen LogP contribution >= 0.6 is 0 Å². The molecule has 0 unspecified atom stereocenters. The number of aliphatic hydroxyl groups is 1. The fourth-order valence-corrected chi connectivity index (χ4v) is 3.16.